The summed E-state index contributed by atoms with van der Waals surface area (Å²) in [4.78, 5) is 20.5. The molecule has 0 aliphatic carbocycles. The fourth-order valence-electron chi connectivity index (χ4n) is 0.556. The van der Waals surface area contributed by atoms with E-state index in [1.165, 1.54) is 0 Å². The van der Waals surface area contributed by atoms with Gasteiger partial charge in [0.15, 0.2) is 12.2 Å². The zero-order chi connectivity index (χ0) is 7.02. The number of aliphatic hydroxyl groups excluding tert-OH is 2. The Bertz CT molecular complexity index is 148. The Balaban J connectivity index is 2.77. The van der Waals surface area contributed by atoms with Gasteiger partial charge in [-0.3, -0.25) is 14.9 Å². The molecule has 0 aromatic carbocycles. The van der Waals surface area contributed by atoms with Crippen LogP contribution < -0.4 is 5.32 Å². The van der Waals surface area contributed by atoms with Crippen LogP contribution in [0.4, 0.5) is 0 Å². The van der Waals surface area contributed by atoms with Gasteiger partial charge in [0.1, 0.15) is 0 Å². The molecule has 2 amide bonds. The number of carbonyl (C=O) groups excluding carboxylic acids is 2. The van der Waals surface area contributed by atoms with Crippen LogP contribution in [0.3, 0.4) is 0 Å². The molecule has 5 nitrogen and oxygen atoms in total. The Morgan fingerprint density at radius 1 is 1.11 bits per heavy atom. The zero-order valence-electron chi connectivity index (χ0n) is 4.37. The van der Waals surface area contributed by atoms with Crippen LogP contribution in [0.5, 0.6) is 0 Å². The minimum absolute atomic E-state index is 0.840. The highest BCUT2D eigenvalue weighted by Gasteiger charge is 2.38. The van der Waals surface area contributed by atoms with Crippen LogP contribution in [-0.4, -0.2) is 34.2 Å². The molecule has 50 valence electrons. The predicted molar refractivity (Wildman–Crippen MR) is 25.2 cm³/mol. The second kappa shape index (κ2) is 1.78. The van der Waals surface area contributed by atoms with Crippen LogP contribution in [0.25, 0.3) is 0 Å². The molecule has 9 heavy (non-hydrogen) atoms. The lowest BCUT2D eigenvalue weighted by Gasteiger charge is -1.97. The van der Waals surface area contributed by atoms with Crippen LogP contribution in [0.2, 0.25) is 0 Å². The molecule has 0 radical (unpaired) electrons. The van der Waals surface area contributed by atoms with Gasteiger partial charge in [0.05, 0.1) is 0 Å². The number of imide groups is 1. The van der Waals surface area contributed by atoms with Crippen molar-refractivity contribution < 1.29 is 19.8 Å². The van der Waals surface area contributed by atoms with Gasteiger partial charge in [-0.1, -0.05) is 0 Å². The number of rotatable bonds is 0. The molecular formula is C4H5NO4. The normalized spacial score (nSPS) is 34.9. The highest BCUT2D eigenvalue weighted by atomic mass is 16.4. The van der Waals surface area contributed by atoms with Gasteiger partial charge in [0.25, 0.3) is 11.8 Å². The summed E-state index contributed by atoms with van der Waals surface area (Å²) in [5.74, 6) is -1.68. The van der Waals surface area contributed by atoms with E-state index >= 15 is 0 Å². The first kappa shape index (κ1) is 6.18. The highest BCUT2D eigenvalue weighted by molar-refractivity contribution is 6.07. The zero-order valence-corrected chi connectivity index (χ0v) is 4.37. The predicted octanol–water partition coefficient (Wildman–Crippen LogP) is -2.64. The summed E-state index contributed by atoms with van der Waals surface area (Å²) < 4.78 is 0. The number of aliphatic hydroxyl groups is 2. The van der Waals surface area contributed by atoms with Crippen molar-refractivity contribution in [2.75, 3.05) is 0 Å². The Kier molecular flexibility index (Phi) is 1.22. The fourth-order valence-corrected chi connectivity index (χ4v) is 0.556. The van der Waals surface area contributed by atoms with Crippen molar-refractivity contribution in [3.63, 3.8) is 0 Å². The lowest BCUT2D eigenvalue weighted by molar-refractivity contribution is -0.129. The molecular weight excluding hydrogens is 126 g/mol. The third-order valence-electron chi connectivity index (χ3n) is 1.08. The second-order valence-corrected chi connectivity index (χ2v) is 1.74. The molecule has 0 unspecified atom stereocenters. The quantitative estimate of drug-likeness (QED) is 0.314. The molecule has 0 aromatic rings. The van der Waals surface area contributed by atoms with Crippen LogP contribution in [0.15, 0.2) is 0 Å². The third kappa shape index (κ3) is 0.797. The van der Waals surface area contributed by atoms with Gasteiger partial charge >= 0.3 is 0 Å². The van der Waals surface area contributed by atoms with Crippen molar-refractivity contribution in [2.24, 2.45) is 0 Å². The van der Waals surface area contributed by atoms with E-state index in [1.807, 2.05) is 0 Å². The monoisotopic (exact) mass is 131 g/mol. The molecule has 5 heteroatoms. The molecule has 0 bridgehead atoms. The standard InChI is InChI=1S/C4H5NO4/c6-1-2(7)4(9)5-3(1)8/h1-2,6-7H,(H,5,8,9)/t1-,2+. The first-order valence-electron chi connectivity index (χ1n) is 2.34. The van der Waals surface area contributed by atoms with Crippen molar-refractivity contribution in [1.82, 2.24) is 5.32 Å². The van der Waals surface area contributed by atoms with Crippen LogP contribution in [-0.2, 0) is 9.59 Å². The molecule has 1 fully saturated rings. The van der Waals surface area contributed by atoms with E-state index in [0.717, 1.165) is 0 Å². The highest BCUT2D eigenvalue weighted by Crippen LogP contribution is 2.00. The van der Waals surface area contributed by atoms with E-state index < -0.39 is 24.0 Å². The number of carbonyl (C=O) groups is 2. The van der Waals surface area contributed by atoms with Gasteiger partial charge in [0.2, 0.25) is 0 Å². The number of nitrogens with one attached hydrogen (secondary N) is 1. The lowest BCUT2D eigenvalue weighted by Crippen LogP contribution is -2.27. The van der Waals surface area contributed by atoms with Crippen molar-refractivity contribution in [2.45, 2.75) is 12.2 Å². The number of hydrogen-bond donors (Lipinski definition) is 3. The molecule has 0 aromatic heterocycles. The maximum atomic E-state index is 10.3. The topological polar surface area (TPSA) is 86.6 Å². The second-order valence-electron chi connectivity index (χ2n) is 1.74. The van der Waals surface area contributed by atoms with E-state index in [1.54, 1.807) is 5.32 Å². The third-order valence-corrected chi connectivity index (χ3v) is 1.08. The average Bonchev–Trinajstić information content (AvgIpc) is 1.98. The van der Waals surface area contributed by atoms with E-state index in [4.69, 9.17) is 10.2 Å². The van der Waals surface area contributed by atoms with Gasteiger partial charge in [-0.15, -0.1) is 0 Å². The molecule has 3 N–H and O–H groups in total. The molecule has 0 spiro atoms. The Hall–Kier alpha value is -0.940. The van der Waals surface area contributed by atoms with Gasteiger partial charge in [0, 0.05) is 0 Å². The Labute approximate surface area is 50.3 Å². The Morgan fingerprint density at radius 2 is 1.44 bits per heavy atom. The Morgan fingerprint density at radius 3 is 1.56 bits per heavy atom. The van der Waals surface area contributed by atoms with Gasteiger partial charge in [-0.2, -0.15) is 0 Å². The van der Waals surface area contributed by atoms with Crippen LogP contribution >= 0.6 is 0 Å². The molecule has 0 saturated carbocycles. The largest absolute Gasteiger partial charge is 0.380 e. The first-order valence-corrected chi connectivity index (χ1v) is 2.34. The molecule has 1 saturated heterocycles. The summed E-state index contributed by atoms with van der Waals surface area (Å²) in [6, 6.07) is 0. The molecule has 1 rings (SSSR count). The number of amides is 2. The van der Waals surface area contributed by atoms with Gasteiger partial charge < -0.3 is 10.2 Å². The van der Waals surface area contributed by atoms with Gasteiger partial charge in [-0.05, 0) is 0 Å². The average molecular weight is 131 g/mol. The maximum absolute atomic E-state index is 10.3. The van der Waals surface area contributed by atoms with Crippen molar-refractivity contribution in [3.8, 4) is 0 Å². The fraction of sp³-hybridized carbons (Fsp3) is 0.500. The molecule has 1 heterocycles. The van der Waals surface area contributed by atoms with Crippen molar-refractivity contribution >= 4 is 11.8 Å². The lowest BCUT2D eigenvalue weighted by atomic mass is 10.2. The molecule has 1 aliphatic rings. The van der Waals surface area contributed by atoms with Crippen LogP contribution in [0, 0.1) is 0 Å². The van der Waals surface area contributed by atoms with E-state index in [2.05, 4.69) is 0 Å². The summed E-state index contributed by atoms with van der Waals surface area (Å²) in [6.45, 7) is 0. The smallest absolute Gasteiger partial charge is 0.258 e. The summed E-state index contributed by atoms with van der Waals surface area (Å²) in [6.07, 6.45) is -3.17. The van der Waals surface area contributed by atoms with Gasteiger partial charge in [-0.25, -0.2) is 0 Å². The summed E-state index contributed by atoms with van der Waals surface area (Å²) >= 11 is 0. The van der Waals surface area contributed by atoms with E-state index in [9.17, 15) is 9.59 Å². The first-order chi connectivity index (χ1) is 4.13. The molecule has 2 atom stereocenters. The summed E-state index contributed by atoms with van der Waals surface area (Å²) in [7, 11) is 0. The van der Waals surface area contributed by atoms with Crippen molar-refractivity contribution in [1.29, 1.82) is 0 Å². The molecule has 1 aliphatic heterocycles. The van der Waals surface area contributed by atoms with Crippen molar-refractivity contribution in [3.05, 3.63) is 0 Å². The van der Waals surface area contributed by atoms with Crippen LogP contribution in [0.1, 0.15) is 0 Å². The maximum Gasteiger partial charge on any atom is 0.258 e. The SMILES string of the molecule is O=C1NC(=O)[C@H](O)[C@@H]1O. The minimum atomic E-state index is -1.59. The minimum Gasteiger partial charge on any atom is -0.380 e. The van der Waals surface area contributed by atoms with E-state index in [0.29, 0.717) is 0 Å². The summed E-state index contributed by atoms with van der Waals surface area (Å²) in [5, 5.41) is 18.8. The van der Waals surface area contributed by atoms with E-state index in [-0.39, 0.29) is 0 Å². The number of hydrogen-bond acceptors (Lipinski definition) is 4. The summed E-state index contributed by atoms with van der Waals surface area (Å²) in [5.41, 5.74) is 0.